The van der Waals surface area contributed by atoms with Gasteiger partial charge in [0.1, 0.15) is 37.3 Å². The number of halogens is 4. The molecular weight excluding hydrogens is 922 g/mol. The van der Waals surface area contributed by atoms with Gasteiger partial charge in [-0.05, 0) is 22.6 Å². The van der Waals surface area contributed by atoms with Crippen molar-refractivity contribution in [3.8, 4) is 45.6 Å². The van der Waals surface area contributed by atoms with Crippen molar-refractivity contribution in [2.24, 2.45) is 0 Å². The highest BCUT2D eigenvalue weighted by Crippen LogP contribution is 2.46. The lowest BCUT2D eigenvalue weighted by Gasteiger charge is -2.12. The van der Waals surface area contributed by atoms with Gasteiger partial charge < -0.3 is 9.97 Å². The number of nitrogens with one attached hydrogen (secondary N) is 2. The van der Waals surface area contributed by atoms with Gasteiger partial charge in [0.2, 0.25) is 0 Å². The van der Waals surface area contributed by atoms with Gasteiger partial charge in [0.15, 0.2) is 23.3 Å². The molecule has 0 saturated heterocycles. The Labute approximate surface area is 325 Å². The monoisotopic (exact) mass is 934 g/mol. The van der Waals surface area contributed by atoms with Gasteiger partial charge >= 0.3 is 0 Å². The van der Waals surface area contributed by atoms with Crippen LogP contribution in [0.4, 0.5) is 0 Å². The van der Waals surface area contributed by atoms with Gasteiger partial charge in [-0.3, -0.25) is 0 Å². The SMILES string of the molecule is O=S(=O)(Cl)c1c(S(=O)(=O)Cl)c(S(=O)(=O)Cl)c2c3nc4nc(nc5[nH]c(nc6nc(nc([nH]3)c2c1I)-c1ccccc1-6)c1ccccc51)-c1ccccc1-4. The van der Waals surface area contributed by atoms with Crippen LogP contribution in [0.25, 0.3) is 89.7 Å². The Bertz CT molecular complexity index is 3360. The number of H-pyrrole nitrogens is 2. The predicted octanol–water partition coefficient (Wildman–Crippen LogP) is 7.26. The van der Waals surface area contributed by atoms with Crippen LogP contribution in [0.3, 0.4) is 0 Å². The molecule has 2 N–H and O–H groups in total. The van der Waals surface area contributed by atoms with E-state index in [1.165, 1.54) is 22.6 Å². The molecule has 53 heavy (non-hydrogen) atoms. The van der Waals surface area contributed by atoms with Crippen LogP contribution in [0.5, 0.6) is 0 Å². The molecule has 0 saturated carbocycles. The number of aromatic nitrogens is 8. The molecule has 7 aromatic rings. The molecule has 0 spiro atoms. The van der Waals surface area contributed by atoms with E-state index in [-0.39, 0.29) is 43.5 Å². The van der Waals surface area contributed by atoms with E-state index in [0.717, 1.165) is 10.8 Å². The van der Waals surface area contributed by atoms with Gasteiger partial charge in [0.05, 0.1) is 5.39 Å². The highest BCUT2D eigenvalue weighted by atomic mass is 127. The summed E-state index contributed by atoms with van der Waals surface area (Å²) < 4.78 is 78.9. The van der Waals surface area contributed by atoms with Gasteiger partial charge in [-0.2, -0.15) is 0 Å². The van der Waals surface area contributed by atoms with Crippen molar-refractivity contribution in [1.29, 1.82) is 0 Å². The smallest absolute Gasteiger partial charge is 0.264 e. The molecule has 3 aromatic heterocycles. The van der Waals surface area contributed by atoms with Crippen molar-refractivity contribution in [2.45, 2.75) is 14.7 Å². The number of benzene rings is 4. The third-order valence-corrected chi connectivity index (χ3v) is 14.3. The first-order valence-electron chi connectivity index (χ1n) is 14.9. The predicted molar refractivity (Wildman–Crippen MR) is 208 cm³/mol. The average Bonchev–Trinajstić information content (AvgIpc) is 3.82. The topological polar surface area (TPSA) is 211 Å². The molecule has 0 atom stereocenters. The quantitative estimate of drug-likeness (QED) is 0.132. The molecule has 0 amide bonds. The highest BCUT2D eigenvalue weighted by molar-refractivity contribution is 14.1. The molecule has 0 fully saturated rings. The van der Waals surface area contributed by atoms with Gasteiger partial charge in [-0.15, -0.1) is 0 Å². The second-order valence-corrected chi connectivity index (χ2v) is 20.2. The minimum Gasteiger partial charge on any atom is -0.324 e. The van der Waals surface area contributed by atoms with Gasteiger partial charge in [-0.1, -0.05) is 72.8 Å². The Morgan fingerprint density at radius 2 is 0.774 bits per heavy atom. The lowest BCUT2D eigenvalue weighted by Crippen LogP contribution is -2.11. The van der Waals surface area contributed by atoms with Gasteiger partial charge in [-0.25, -0.2) is 55.2 Å². The van der Waals surface area contributed by atoms with Crippen LogP contribution in [-0.2, 0) is 27.2 Å². The Hall–Kier alpha value is -4.31. The van der Waals surface area contributed by atoms with E-state index >= 15 is 0 Å². The number of fused-ring (bicyclic) bond motifs is 20. The molecule has 2 aliphatic heterocycles. The fourth-order valence-electron chi connectivity index (χ4n) is 6.45. The Kier molecular flexibility index (Phi) is 7.70. The molecule has 0 unspecified atom stereocenters. The number of hydrogen-bond donors (Lipinski definition) is 2. The van der Waals surface area contributed by atoms with Crippen molar-refractivity contribution >= 4 is 126 Å². The van der Waals surface area contributed by atoms with Crippen molar-refractivity contribution in [1.82, 2.24) is 39.9 Å². The van der Waals surface area contributed by atoms with Gasteiger partial charge in [0.25, 0.3) is 27.2 Å². The molecule has 2 aliphatic rings. The first-order chi connectivity index (χ1) is 25.1. The minimum absolute atomic E-state index is 0.0401. The molecular formula is C32H14Cl3IN8O6S3. The van der Waals surface area contributed by atoms with E-state index in [0.29, 0.717) is 33.5 Å². The Balaban J connectivity index is 1.60. The lowest BCUT2D eigenvalue weighted by atomic mass is 10.1. The average molecular weight is 936 g/mol. The maximum absolute atomic E-state index is 13.4. The second kappa shape index (κ2) is 11.8. The summed E-state index contributed by atoms with van der Waals surface area (Å²) in [5.41, 5.74) is 2.60. The molecule has 14 nitrogen and oxygen atoms in total. The first-order valence-corrected chi connectivity index (χ1v) is 22.9. The van der Waals surface area contributed by atoms with Crippen molar-refractivity contribution in [3.05, 3.63) is 76.4 Å². The van der Waals surface area contributed by atoms with E-state index in [4.69, 9.17) is 62.0 Å². The Morgan fingerprint density at radius 1 is 0.434 bits per heavy atom. The summed E-state index contributed by atoms with van der Waals surface area (Å²) in [6.07, 6.45) is 0. The fraction of sp³-hybridized carbons (Fsp3) is 0. The molecule has 4 aromatic carbocycles. The summed E-state index contributed by atoms with van der Waals surface area (Å²) in [4.78, 5) is 31.3. The molecule has 8 bridgehead atoms. The van der Waals surface area contributed by atoms with Crippen LogP contribution >= 0.6 is 54.6 Å². The van der Waals surface area contributed by atoms with E-state index in [2.05, 4.69) is 9.97 Å². The van der Waals surface area contributed by atoms with Crippen molar-refractivity contribution < 1.29 is 25.3 Å². The molecule has 9 rings (SSSR count). The summed E-state index contributed by atoms with van der Waals surface area (Å²) >= 11 is 1.54. The molecule has 0 radical (unpaired) electrons. The van der Waals surface area contributed by atoms with Crippen molar-refractivity contribution in [2.75, 3.05) is 0 Å². The van der Waals surface area contributed by atoms with Crippen LogP contribution < -0.4 is 0 Å². The van der Waals surface area contributed by atoms with Crippen molar-refractivity contribution in [3.63, 3.8) is 0 Å². The normalized spacial score (nSPS) is 13.0. The summed E-state index contributed by atoms with van der Waals surface area (Å²) in [5, 5.41) is 0.849. The van der Waals surface area contributed by atoms with Crippen LogP contribution in [-0.4, -0.2) is 65.1 Å². The second-order valence-electron chi connectivity index (χ2n) is 11.6. The summed E-state index contributed by atoms with van der Waals surface area (Å²) in [7, 11) is 2.17. The molecule has 0 aliphatic carbocycles. The fourth-order valence-corrected chi connectivity index (χ4v) is 14.1. The van der Waals surface area contributed by atoms with Gasteiger partial charge in [0, 0.05) is 74.0 Å². The maximum atomic E-state index is 13.4. The highest BCUT2D eigenvalue weighted by Gasteiger charge is 2.39. The van der Waals surface area contributed by atoms with E-state index in [1.54, 1.807) is 48.5 Å². The summed E-state index contributed by atoms with van der Waals surface area (Å²) in [6.45, 7) is 0. The molecule has 21 heteroatoms. The van der Waals surface area contributed by atoms with E-state index < -0.39 is 47.2 Å². The largest absolute Gasteiger partial charge is 0.324 e. The minimum atomic E-state index is -5.19. The summed E-state index contributed by atoms with van der Waals surface area (Å²) in [6, 6.07) is 21.6. The molecule has 264 valence electrons. The van der Waals surface area contributed by atoms with Crippen LogP contribution in [0, 0.1) is 3.57 Å². The third kappa shape index (κ3) is 5.49. The number of aromatic amines is 2. The number of hydrogen-bond acceptors (Lipinski definition) is 12. The zero-order chi connectivity index (χ0) is 37.2. The standard InChI is InChI=1S/C32H14Cl3IN8O6S3/c33-51(45,46)22-20-19(21(36)23(52(34,47)48)24(22)53(35,49)50)31-42-29-17-11-5-3-9-15(17)27(40-29)38-25-13-7-1-2-8-14(13)26(37-25)39-28-16-10-4-6-12-18(16)30(41-28)43-32(20)44-31/h1-12H,(H2,37,38,39,40,41,42,43,44). The lowest BCUT2D eigenvalue weighted by molar-refractivity contribution is 0.589. The zero-order valence-corrected chi connectivity index (χ0v) is 32.7. The molecule has 5 heterocycles. The van der Waals surface area contributed by atoms with Crippen LogP contribution in [0.1, 0.15) is 0 Å². The maximum Gasteiger partial charge on any atom is 0.264 e. The first kappa shape index (κ1) is 34.5. The Morgan fingerprint density at radius 3 is 1.17 bits per heavy atom. The van der Waals surface area contributed by atoms with Crippen LogP contribution in [0.15, 0.2) is 87.5 Å². The number of rotatable bonds is 3. The van der Waals surface area contributed by atoms with E-state index in [1.807, 2.05) is 24.3 Å². The third-order valence-electron chi connectivity index (χ3n) is 8.54. The van der Waals surface area contributed by atoms with E-state index in [9.17, 15) is 25.3 Å². The van der Waals surface area contributed by atoms with Crippen LogP contribution in [0.2, 0.25) is 0 Å². The zero-order valence-electron chi connectivity index (χ0n) is 25.8. The number of nitrogens with zero attached hydrogens (tertiary/aromatic N) is 6. The summed E-state index contributed by atoms with van der Waals surface area (Å²) in [5.74, 6) is 0.641.